The van der Waals surface area contributed by atoms with Crippen LogP contribution >= 0.6 is 0 Å². The second-order valence-electron chi connectivity index (χ2n) is 13.1. The zero-order valence-corrected chi connectivity index (χ0v) is 27.7. The summed E-state index contributed by atoms with van der Waals surface area (Å²) < 4.78 is 13.2. The zero-order valence-electron chi connectivity index (χ0n) is 27.7. The van der Waals surface area contributed by atoms with Gasteiger partial charge in [0, 0.05) is 49.4 Å². The van der Waals surface area contributed by atoms with Gasteiger partial charge in [0.2, 0.25) is 0 Å². The van der Waals surface area contributed by atoms with Crippen LogP contribution in [-0.2, 0) is 0 Å². The molecule has 5 nitrogen and oxygen atoms in total. The Balaban J connectivity index is 1.13. The highest BCUT2D eigenvalue weighted by atomic mass is 16.3. The third-order valence-corrected chi connectivity index (χ3v) is 10.1. The molecule has 0 spiro atoms. The van der Waals surface area contributed by atoms with E-state index in [0.717, 1.165) is 77.1 Å². The molecule has 0 saturated heterocycles. The zero-order chi connectivity index (χ0) is 34.2. The van der Waals surface area contributed by atoms with Gasteiger partial charge in [0.1, 0.15) is 22.3 Å². The molecule has 0 bridgehead atoms. The number of hydrogen-bond donors (Lipinski definition) is 0. The van der Waals surface area contributed by atoms with Crippen LogP contribution in [0.3, 0.4) is 0 Å². The number of furan rings is 2. The van der Waals surface area contributed by atoms with Crippen LogP contribution in [-0.4, -0.2) is 15.0 Å². The van der Waals surface area contributed by atoms with E-state index in [1.807, 2.05) is 60.7 Å². The van der Waals surface area contributed by atoms with E-state index in [4.69, 9.17) is 23.8 Å². The lowest BCUT2D eigenvalue weighted by molar-refractivity contribution is 0.665. The molecule has 0 aliphatic rings. The van der Waals surface area contributed by atoms with Gasteiger partial charge in [0.15, 0.2) is 17.5 Å². The third kappa shape index (κ3) is 4.39. The largest absolute Gasteiger partial charge is 0.455 e. The van der Waals surface area contributed by atoms with E-state index in [-0.39, 0.29) is 0 Å². The van der Waals surface area contributed by atoms with Gasteiger partial charge in [0.25, 0.3) is 0 Å². The molecule has 0 amide bonds. The van der Waals surface area contributed by atoms with Crippen LogP contribution in [0.15, 0.2) is 173 Å². The molecule has 0 aliphatic heterocycles. The maximum atomic E-state index is 6.72. The number of benzene rings is 8. The third-order valence-electron chi connectivity index (χ3n) is 10.1. The summed E-state index contributed by atoms with van der Waals surface area (Å²) in [4.78, 5) is 15.3. The predicted molar refractivity (Wildman–Crippen MR) is 211 cm³/mol. The lowest BCUT2D eigenvalue weighted by Gasteiger charge is -2.10. The summed E-state index contributed by atoms with van der Waals surface area (Å²) in [6.07, 6.45) is 0. The molecule has 0 unspecified atom stereocenters. The van der Waals surface area contributed by atoms with E-state index in [0.29, 0.717) is 17.5 Å². The first kappa shape index (κ1) is 28.7. The number of nitrogens with zero attached hydrogens (tertiary/aromatic N) is 3. The highest BCUT2D eigenvalue weighted by molar-refractivity contribution is 6.17. The maximum Gasteiger partial charge on any atom is 0.164 e. The van der Waals surface area contributed by atoms with Crippen molar-refractivity contribution in [3.8, 4) is 45.3 Å². The lowest BCUT2D eigenvalue weighted by Crippen LogP contribution is -2.00. The van der Waals surface area contributed by atoms with Gasteiger partial charge in [-0.15, -0.1) is 0 Å². The van der Waals surface area contributed by atoms with Crippen molar-refractivity contribution >= 4 is 65.4 Å². The minimum Gasteiger partial charge on any atom is -0.455 e. The van der Waals surface area contributed by atoms with E-state index in [1.165, 1.54) is 16.2 Å². The summed E-state index contributed by atoms with van der Waals surface area (Å²) in [6.45, 7) is 0. The van der Waals surface area contributed by atoms with Crippen molar-refractivity contribution in [1.82, 2.24) is 15.0 Å². The minimum atomic E-state index is 0.584. The summed E-state index contributed by atoms with van der Waals surface area (Å²) in [5.41, 5.74) is 7.93. The smallest absolute Gasteiger partial charge is 0.164 e. The predicted octanol–water partition coefficient (Wildman–Crippen LogP) is 12.6. The molecule has 5 heteroatoms. The fourth-order valence-electron chi connectivity index (χ4n) is 7.70. The van der Waals surface area contributed by atoms with Crippen molar-refractivity contribution in [3.05, 3.63) is 164 Å². The quantitative estimate of drug-likeness (QED) is 0.175. The molecular weight excluding hydrogens is 639 g/mol. The first-order valence-corrected chi connectivity index (χ1v) is 17.4. The van der Waals surface area contributed by atoms with Crippen LogP contribution in [0.2, 0.25) is 0 Å². The molecule has 11 rings (SSSR count). The Kier molecular flexibility index (Phi) is 6.18. The van der Waals surface area contributed by atoms with Crippen LogP contribution in [0, 0.1) is 0 Å². The Labute approximate surface area is 297 Å². The monoisotopic (exact) mass is 665 g/mol. The Morgan fingerprint density at radius 2 is 0.904 bits per heavy atom. The van der Waals surface area contributed by atoms with E-state index >= 15 is 0 Å². The summed E-state index contributed by atoms with van der Waals surface area (Å²) >= 11 is 0. The molecule has 242 valence electrons. The van der Waals surface area contributed by atoms with Gasteiger partial charge >= 0.3 is 0 Å². The van der Waals surface area contributed by atoms with Crippen molar-refractivity contribution < 1.29 is 8.83 Å². The van der Waals surface area contributed by atoms with Gasteiger partial charge < -0.3 is 8.83 Å². The molecule has 0 atom stereocenters. The molecule has 11 aromatic rings. The Morgan fingerprint density at radius 3 is 1.77 bits per heavy atom. The number of aromatic nitrogens is 3. The van der Waals surface area contributed by atoms with Gasteiger partial charge in [-0.2, -0.15) is 0 Å². The van der Waals surface area contributed by atoms with Crippen LogP contribution in [0.1, 0.15) is 0 Å². The van der Waals surface area contributed by atoms with Gasteiger partial charge in [-0.1, -0.05) is 146 Å². The average Bonchev–Trinajstić information content (AvgIpc) is 3.80. The van der Waals surface area contributed by atoms with Crippen molar-refractivity contribution in [3.63, 3.8) is 0 Å². The van der Waals surface area contributed by atoms with Crippen LogP contribution in [0.25, 0.3) is 111 Å². The molecule has 3 aromatic heterocycles. The second kappa shape index (κ2) is 11.2. The molecule has 3 heterocycles. The summed E-state index contributed by atoms with van der Waals surface area (Å²) in [5.74, 6) is 1.81. The van der Waals surface area contributed by atoms with E-state index < -0.39 is 0 Å². The number of fused-ring (bicyclic) bond motifs is 9. The molecular formula is C47H27N3O2. The molecule has 0 radical (unpaired) electrons. The Hall–Kier alpha value is -7.11. The summed E-state index contributed by atoms with van der Waals surface area (Å²) in [5, 5.41) is 8.89. The van der Waals surface area contributed by atoms with Gasteiger partial charge in [-0.3, -0.25) is 0 Å². The second-order valence-corrected chi connectivity index (χ2v) is 13.1. The highest BCUT2D eigenvalue weighted by Gasteiger charge is 2.21. The van der Waals surface area contributed by atoms with E-state index in [2.05, 4.69) is 103 Å². The summed E-state index contributed by atoms with van der Waals surface area (Å²) in [6, 6.07) is 56.2. The van der Waals surface area contributed by atoms with Crippen molar-refractivity contribution in [2.75, 3.05) is 0 Å². The van der Waals surface area contributed by atoms with Gasteiger partial charge in [-0.25, -0.2) is 15.0 Å². The first-order chi connectivity index (χ1) is 25.8. The topological polar surface area (TPSA) is 65.0 Å². The first-order valence-electron chi connectivity index (χ1n) is 17.4. The van der Waals surface area contributed by atoms with Crippen molar-refractivity contribution in [2.24, 2.45) is 0 Å². The SMILES string of the molecule is c1ccc(-c2nc(-c3ccc4c(ccc5ccccc54)c3)nc(-c3cccc4oc5c(-c6cccc7c6oc6ccccc67)cccc5c34)n2)cc1. The van der Waals surface area contributed by atoms with E-state index in [9.17, 15) is 0 Å². The average molecular weight is 666 g/mol. The molecule has 0 fully saturated rings. The Morgan fingerprint density at radius 1 is 0.327 bits per heavy atom. The molecule has 52 heavy (non-hydrogen) atoms. The molecule has 0 saturated carbocycles. The number of para-hydroxylation sites is 3. The van der Waals surface area contributed by atoms with Crippen LogP contribution < -0.4 is 0 Å². The standard InChI is InChI=1S/C47H27N3O2/c1-2-12-29(13-3-1)45-48-46(31-25-26-33-30(27-31)24-23-28-11-4-5-14-32(28)33)50-47(49-45)39-20-10-22-41-42(39)38-19-9-18-37(44(38)52-41)36-17-8-16-35-34-15-6-7-21-40(34)51-43(35)36/h1-27H. The van der Waals surface area contributed by atoms with Gasteiger partial charge in [0.05, 0.1) is 0 Å². The fourth-order valence-corrected chi connectivity index (χ4v) is 7.70. The highest BCUT2D eigenvalue weighted by Crippen LogP contribution is 2.43. The number of hydrogen-bond acceptors (Lipinski definition) is 5. The molecule has 0 N–H and O–H groups in total. The molecule has 8 aromatic carbocycles. The van der Waals surface area contributed by atoms with Crippen molar-refractivity contribution in [1.29, 1.82) is 0 Å². The minimum absolute atomic E-state index is 0.584. The number of rotatable bonds is 4. The van der Waals surface area contributed by atoms with Crippen LogP contribution in [0.5, 0.6) is 0 Å². The fraction of sp³-hybridized carbons (Fsp3) is 0. The lowest BCUT2D eigenvalue weighted by atomic mass is 9.98. The van der Waals surface area contributed by atoms with Gasteiger partial charge in [-0.05, 0) is 39.7 Å². The summed E-state index contributed by atoms with van der Waals surface area (Å²) in [7, 11) is 0. The van der Waals surface area contributed by atoms with E-state index in [1.54, 1.807) is 0 Å². The maximum absolute atomic E-state index is 6.72. The van der Waals surface area contributed by atoms with Crippen molar-refractivity contribution in [2.45, 2.75) is 0 Å². The Bertz CT molecular complexity index is 3190. The normalized spacial score (nSPS) is 11.8. The molecule has 0 aliphatic carbocycles. The van der Waals surface area contributed by atoms with Crippen LogP contribution in [0.4, 0.5) is 0 Å².